The van der Waals surface area contributed by atoms with Gasteiger partial charge in [-0.05, 0) is 171 Å². The van der Waals surface area contributed by atoms with Crippen molar-refractivity contribution in [1.29, 1.82) is 0 Å². The van der Waals surface area contributed by atoms with Gasteiger partial charge in [-0.25, -0.2) is 0 Å². The van der Waals surface area contributed by atoms with Gasteiger partial charge >= 0.3 is 23.9 Å². The molecule has 6 aliphatic carbocycles. The molecule has 2 amide bonds. The number of benzene rings is 3. The largest absolute Gasteiger partial charge is 0.495 e. The van der Waals surface area contributed by atoms with Crippen molar-refractivity contribution in [3.8, 4) is 17.2 Å². The number of Topliss-reactive ketones (excluding diaryl/α,β-unsaturated/α-hetero) is 2. The molecule has 2 aromatic heterocycles. The fourth-order valence-corrected chi connectivity index (χ4v) is 20.1. The topological polar surface area (TPSA) is 308 Å². The zero-order chi connectivity index (χ0) is 83.2. The van der Waals surface area contributed by atoms with Crippen molar-refractivity contribution in [3.63, 3.8) is 0 Å². The third kappa shape index (κ3) is 20.0. The number of amides is 2. The number of aromatic amines is 1. The number of likely N-dealkylation sites (tertiary alicyclic amines) is 2. The van der Waals surface area contributed by atoms with Gasteiger partial charge in [-0.1, -0.05) is 135 Å². The molecule has 0 bridgehead atoms. The van der Waals surface area contributed by atoms with Crippen molar-refractivity contribution in [2.24, 2.45) is 80.8 Å². The maximum absolute atomic E-state index is 14.6. The Morgan fingerprint density at radius 2 is 1.09 bits per heavy atom. The predicted molar refractivity (Wildman–Crippen MR) is 434 cm³/mol. The highest BCUT2D eigenvalue weighted by Gasteiger charge is 2.63. The molecule has 4 heterocycles. The van der Waals surface area contributed by atoms with Crippen LogP contribution in [0.25, 0.3) is 21.8 Å². The number of esters is 3. The minimum atomic E-state index is -4.21. The number of hydrogen-bond acceptors (Lipinski definition) is 19. The fourth-order valence-electron chi connectivity index (χ4n) is 18.2. The van der Waals surface area contributed by atoms with E-state index in [9.17, 15) is 56.7 Å². The molecular weight excluding hydrogens is 1590 g/mol. The molecule has 6 saturated carbocycles. The number of ether oxygens (including phenoxy) is 6. The van der Waals surface area contributed by atoms with Gasteiger partial charge in [0.25, 0.3) is 10.1 Å². The molecule has 16 atom stereocenters. The van der Waals surface area contributed by atoms with Gasteiger partial charge in [-0.3, -0.25) is 52.3 Å². The van der Waals surface area contributed by atoms with Gasteiger partial charge in [0.15, 0.2) is 17.0 Å². The van der Waals surface area contributed by atoms with Crippen molar-refractivity contribution in [1.82, 2.24) is 19.8 Å². The number of carbonyl (C=O) groups excluding carboxylic acids is 7. The molecule has 23 nitrogen and oxygen atoms in total. The predicted octanol–water partition coefficient (Wildman–Crippen LogP) is 15.8. The normalized spacial score (nSPS) is 26.9. The van der Waals surface area contributed by atoms with Crippen LogP contribution in [0.3, 0.4) is 0 Å². The van der Waals surface area contributed by atoms with Crippen molar-refractivity contribution in [2.75, 3.05) is 34.4 Å². The van der Waals surface area contributed by atoms with Crippen LogP contribution in [0, 0.1) is 80.8 Å². The van der Waals surface area contributed by atoms with Crippen molar-refractivity contribution in [2.45, 2.75) is 240 Å². The van der Waals surface area contributed by atoms with E-state index in [-0.39, 0.29) is 103 Å². The van der Waals surface area contributed by atoms with Crippen molar-refractivity contribution in [3.05, 3.63) is 96.8 Å². The van der Waals surface area contributed by atoms with Crippen LogP contribution >= 0.6 is 39.1 Å². The minimum Gasteiger partial charge on any atom is -0.495 e. The molecule has 2 aliphatic heterocycles. The van der Waals surface area contributed by atoms with Crippen LogP contribution in [-0.2, 0) is 79.7 Å². The van der Waals surface area contributed by atoms with E-state index in [2.05, 4.69) is 48.6 Å². The Morgan fingerprint density at radius 3 is 1.55 bits per heavy atom. The van der Waals surface area contributed by atoms with Gasteiger partial charge in [0.1, 0.15) is 45.6 Å². The smallest absolute Gasteiger partial charge is 0.312 e. The van der Waals surface area contributed by atoms with Crippen LogP contribution in [0.2, 0.25) is 10.0 Å². The molecule has 8 fully saturated rings. The first kappa shape index (κ1) is 87.6. The lowest BCUT2D eigenvalue weighted by Crippen LogP contribution is -2.48. The van der Waals surface area contributed by atoms with Crippen LogP contribution in [0.4, 0.5) is 0 Å². The molecule has 0 spiro atoms. The Labute approximate surface area is 687 Å². The molecule has 2 saturated heterocycles. The van der Waals surface area contributed by atoms with Gasteiger partial charge in [-0.2, -0.15) is 8.42 Å². The number of carbonyl (C=O) groups is 8. The van der Waals surface area contributed by atoms with E-state index in [4.69, 9.17) is 60.8 Å². The van der Waals surface area contributed by atoms with Crippen LogP contribution in [0.15, 0.2) is 74.8 Å². The highest BCUT2D eigenvalue weighted by molar-refractivity contribution is 9.10. The summed E-state index contributed by atoms with van der Waals surface area (Å²) in [6.45, 7) is 23.6. The maximum Gasteiger partial charge on any atom is 0.312 e. The zero-order valence-corrected chi connectivity index (χ0v) is 72.2. The van der Waals surface area contributed by atoms with E-state index in [1.54, 1.807) is 55.5 Å². The number of nitrogens with zero attached hydrogens (tertiary/aromatic N) is 3. The number of carboxylic acid groups (broad SMARTS) is 1. The third-order valence-corrected chi connectivity index (χ3v) is 27.6. The summed E-state index contributed by atoms with van der Waals surface area (Å²) in [7, 11) is 0.187. The highest BCUT2D eigenvalue weighted by atomic mass is 79.9. The number of carboxylic acids is 1. The van der Waals surface area contributed by atoms with Gasteiger partial charge in [0.05, 0.1) is 97.5 Å². The second kappa shape index (κ2) is 35.2. The summed E-state index contributed by atoms with van der Waals surface area (Å²) in [4.78, 5) is 132. The maximum atomic E-state index is 14.6. The Bertz CT molecular complexity index is 4630. The lowest BCUT2D eigenvalue weighted by Gasteiger charge is -2.35. The van der Waals surface area contributed by atoms with E-state index in [0.717, 1.165) is 43.5 Å². The SMILES string of the molecule is CC[C@@H]1C[C@]1(CC(=O)[C@@H]1C[C@@H](Oc2cc(CC(C)C)nc3c(Cl)c(OC)ccc23)CN1C(=O)[C@@H](CC(=O)OC1C[C@@H]2C[C@@H]2C1)C(C)(C)C)C(=O)O.CC[C@@H]1C[C@]1(CC(=O)[C@@H]1C[C@H](OS(=O)(=O)c2ccc(Br)cc2)CN1C(=O)[C@@H](CC(=O)OC1C[C@@H]2C[C@@H]2C1)C(C)(C)C)C(=O)OC.COc1ccc2c(=O)cc(CC(C)C)[nH]c2c1Cl. The molecule has 13 rings (SSSR count). The number of hydrogen-bond donors (Lipinski definition) is 2. The molecule has 5 aromatic rings. The number of fused-ring (bicyclic) bond motifs is 4. The van der Waals surface area contributed by atoms with Crippen LogP contribution in [0.5, 0.6) is 17.2 Å². The van der Waals surface area contributed by atoms with Gasteiger partial charge in [-0.15, -0.1) is 0 Å². The van der Waals surface area contributed by atoms with Crippen molar-refractivity contribution < 1.29 is 84.5 Å². The number of pyridine rings is 2. The third-order valence-electron chi connectivity index (χ3n) is 24.9. The zero-order valence-electron chi connectivity index (χ0n) is 68.3. The number of ketones is 2. The Morgan fingerprint density at radius 1 is 0.614 bits per heavy atom. The number of halogens is 3. The molecular formula is C87H113BrCl2N4O19S. The molecule has 8 aliphatic rings. The average molecular weight is 1700 g/mol. The van der Waals surface area contributed by atoms with Crippen LogP contribution in [-0.4, -0.2) is 151 Å². The quantitative estimate of drug-likeness (QED) is 0.0255. The second-order valence-corrected chi connectivity index (χ2v) is 39.5. The van der Waals surface area contributed by atoms with Crippen LogP contribution < -0.4 is 19.6 Å². The first-order valence-electron chi connectivity index (χ1n) is 40.4. The second-order valence-electron chi connectivity index (χ2n) is 36.2. The van der Waals surface area contributed by atoms with E-state index < -0.39 is 97.7 Å². The monoisotopic (exact) mass is 1700 g/mol. The molecule has 27 heteroatoms. The van der Waals surface area contributed by atoms with E-state index in [1.807, 2.05) is 67.5 Å². The van der Waals surface area contributed by atoms with E-state index >= 15 is 0 Å². The lowest BCUT2D eigenvalue weighted by molar-refractivity contribution is -0.157. The van der Waals surface area contributed by atoms with Gasteiger partial charge in [0.2, 0.25) is 11.8 Å². The summed E-state index contributed by atoms with van der Waals surface area (Å²) in [5.74, 6) is -0.382. The minimum absolute atomic E-state index is 0.0102. The molecule has 2 unspecified atom stereocenters. The first-order valence-corrected chi connectivity index (χ1v) is 43.4. The summed E-state index contributed by atoms with van der Waals surface area (Å²) in [6, 6.07) is 14.6. The molecule has 0 radical (unpaired) electrons. The first-order chi connectivity index (χ1) is 53.6. The Kier molecular flexibility index (Phi) is 27.0. The molecule has 3 aromatic carbocycles. The van der Waals surface area contributed by atoms with Crippen LogP contribution in [0.1, 0.15) is 197 Å². The number of aliphatic carboxylic acids is 1. The lowest BCUT2D eigenvalue weighted by atomic mass is 9.77. The number of nitrogens with one attached hydrogen (secondary N) is 1. The molecule has 622 valence electrons. The fraction of sp³-hybridized carbons (Fsp3) is 0.632. The van der Waals surface area contributed by atoms with E-state index in [0.29, 0.717) is 121 Å². The number of rotatable bonds is 29. The number of aromatic nitrogens is 2. The molecule has 114 heavy (non-hydrogen) atoms. The number of H-pyrrole nitrogens is 1. The number of methoxy groups -OCH3 is 3. The highest BCUT2D eigenvalue weighted by Crippen LogP contribution is 2.60. The summed E-state index contributed by atoms with van der Waals surface area (Å²) >= 11 is 16.3. The Balaban J connectivity index is 0.000000186. The van der Waals surface area contributed by atoms with E-state index in [1.165, 1.54) is 37.0 Å². The van der Waals surface area contributed by atoms with Gasteiger partial charge < -0.3 is 48.3 Å². The summed E-state index contributed by atoms with van der Waals surface area (Å²) in [5, 5.41) is 12.3. The standard InChI is InChI=1S/C40H53ClN2O8.C33H44BrNO9S.C14H16ClNO2/c1-8-24-18-40(24,38(47)48)19-31(44)30-16-27(50-33-15-25(11-21(2)3)42-36-28(33)9-10-32(49-7)35(36)41)20-43(30)37(46)29(39(4,5)6)17-34(45)51-26-13-22-12-23(22)14-26;1-6-21-16-33(21,31(39)42-5)17-28(36)27-14-24(44-45(40,41)25-9-7-22(34)8-10-25)18-35(27)30(38)26(32(2,3)4)15-29(37)43-23-12-19-11-20(19)13-23;1-8(2)6-9-7-11(17)10-4-5-12(18-3)13(15)14(10)16-9/h9-10,15,21-24,26-27,29-30H,8,11-14,16-20H2,1-7H3,(H,47,48);7-10,19-21,23-24,26-27H,6,11-18H2,1-5H3;4-5,7-8H,6H2,1-3H3,(H,16,17)/t22-,23+,24-,26?,27-,29-,30+,40-;19-,20+,21-,23?,24+,26-,27+,33-;/m11./s1. The van der Waals surface area contributed by atoms with Gasteiger partial charge in [0, 0.05) is 71.0 Å². The summed E-state index contributed by atoms with van der Waals surface area (Å²) < 4.78 is 66.7. The summed E-state index contributed by atoms with van der Waals surface area (Å²) in [6.07, 6.45) is 7.52. The Hall–Kier alpha value is -7.19. The van der Waals surface area contributed by atoms with Crippen molar-refractivity contribution >= 4 is 118 Å². The average Bonchev–Trinajstić information content (AvgIpc) is 1.57. The molecule has 2 N–H and O–H groups in total. The summed E-state index contributed by atoms with van der Waals surface area (Å²) in [5.41, 5.74) is -0.479.